The third-order valence-electron chi connectivity index (χ3n) is 18.9. The van der Waals surface area contributed by atoms with E-state index < -0.39 is 12.1 Å². The Hall–Kier alpha value is -1.92. The molecule has 0 aliphatic heterocycles. The predicted octanol–water partition coefficient (Wildman–Crippen LogP) is 26.6. The smallest absolute Gasteiger partial charge is 0.305 e. The second-order valence-corrected chi connectivity index (χ2v) is 27.8. The van der Waals surface area contributed by atoms with Crippen LogP contribution in [0.15, 0.2) is 36.5 Å². The van der Waals surface area contributed by atoms with Gasteiger partial charge in [0.25, 0.3) is 0 Å². The lowest BCUT2D eigenvalue weighted by Gasteiger charge is -2.20. The first-order chi connectivity index (χ1) is 43.5. The second kappa shape index (κ2) is 77.5. The number of amides is 1. The van der Waals surface area contributed by atoms with E-state index in [0.717, 1.165) is 44.9 Å². The van der Waals surface area contributed by atoms with Crippen LogP contribution in [0, 0.1) is 0 Å². The summed E-state index contributed by atoms with van der Waals surface area (Å²) in [6.07, 6.45) is 101. The van der Waals surface area contributed by atoms with E-state index in [-0.39, 0.29) is 18.5 Å². The number of esters is 1. The molecule has 2 unspecified atom stereocenters. The zero-order valence-electron chi connectivity index (χ0n) is 59.7. The quantitative estimate of drug-likeness (QED) is 0.0320. The minimum Gasteiger partial charge on any atom is -0.466 e. The number of hydrogen-bond acceptors (Lipinski definition) is 5. The Kier molecular flexibility index (Phi) is 75.8. The van der Waals surface area contributed by atoms with Crippen molar-refractivity contribution in [2.24, 2.45) is 0 Å². The Bertz CT molecular complexity index is 1430. The van der Waals surface area contributed by atoms with Gasteiger partial charge in [0.1, 0.15) is 0 Å². The summed E-state index contributed by atoms with van der Waals surface area (Å²) < 4.78 is 5.51. The number of carbonyl (C=O) groups is 2. The summed E-state index contributed by atoms with van der Waals surface area (Å²) in [6.45, 7) is 4.96. The molecule has 520 valence electrons. The number of carbonyl (C=O) groups excluding carboxylic acids is 2. The molecule has 0 rings (SSSR count). The molecular formula is C82H157NO5. The summed E-state index contributed by atoms with van der Waals surface area (Å²) in [6, 6.07) is -0.631. The summed E-state index contributed by atoms with van der Waals surface area (Å²) in [5.74, 6) is -0.0471. The van der Waals surface area contributed by atoms with E-state index in [9.17, 15) is 19.8 Å². The molecule has 0 fully saturated rings. The predicted molar refractivity (Wildman–Crippen MR) is 389 cm³/mol. The Balaban J connectivity index is 3.41. The number of aliphatic hydroxyl groups excluding tert-OH is 2. The number of unbranched alkanes of at least 4 members (excludes halogenated alkanes) is 61. The average Bonchev–Trinajstić information content (AvgIpc) is 3.58. The molecule has 0 aliphatic carbocycles. The van der Waals surface area contributed by atoms with Gasteiger partial charge in [0.05, 0.1) is 25.4 Å². The van der Waals surface area contributed by atoms with Gasteiger partial charge in [-0.1, -0.05) is 410 Å². The Labute approximate surface area is 551 Å². The van der Waals surface area contributed by atoms with Gasteiger partial charge in [-0.25, -0.2) is 0 Å². The van der Waals surface area contributed by atoms with Crippen LogP contribution in [0.3, 0.4) is 0 Å². The van der Waals surface area contributed by atoms with Gasteiger partial charge in [-0.2, -0.15) is 0 Å². The van der Waals surface area contributed by atoms with Gasteiger partial charge in [0.15, 0.2) is 0 Å². The zero-order chi connectivity index (χ0) is 63.5. The van der Waals surface area contributed by atoms with Crippen LogP contribution in [0.25, 0.3) is 0 Å². The minimum absolute atomic E-state index is 0.0170. The second-order valence-electron chi connectivity index (χ2n) is 27.8. The van der Waals surface area contributed by atoms with Crippen LogP contribution in [0.2, 0.25) is 0 Å². The number of rotatable bonds is 76. The van der Waals surface area contributed by atoms with Crippen molar-refractivity contribution in [3.05, 3.63) is 36.5 Å². The standard InChI is InChI=1S/C82H157NO5/c1-3-5-7-9-11-13-15-17-19-21-23-24-25-33-36-39-42-46-50-54-58-62-66-70-74-80(85)79(78-84)83-81(86)75-71-67-63-59-55-51-47-43-40-37-34-31-29-27-26-28-30-32-35-38-41-45-49-53-57-61-65-69-73-77-88-82(87)76-72-68-64-60-56-52-48-44-22-20-18-16-14-12-10-8-6-4-2/h26,28,32,35,70,74,79-80,84-85H,3-25,27,29-31,33-34,36-69,71-73,75-78H2,1-2H3,(H,83,86)/b28-26-,35-32-,74-70+. The van der Waals surface area contributed by atoms with E-state index in [0.29, 0.717) is 19.4 Å². The van der Waals surface area contributed by atoms with Crippen LogP contribution in [-0.4, -0.2) is 47.4 Å². The Morgan fingerprint density at radius 3 is 0.864 bits per heavy atom. The summed E-state index contributed by atoms with van der Waals surface area (Å²) in [4.78, 5) is 24.7. The average molecular weight is 1240 g/mol. The zero-order valence-corrected chi connectivity index (χ0v) is 59.7. The first-order valence-corrected chi connectivity index (χ1v) is 40.3. The van der Waals surface area contributed by atoms with Crippen molar-refractivity contribution in [2.45, 2.75) is 463 Å². The third-order valence-corrected chi connectivity index (χ3v) is 18.9. The largest absolute Gasteiger partial charge is 0.466 e. The first kappa shape index (κ1) is 86.1. The van der Waals surface area contributed by atoms with E-state index in [1.165, 1.54) is 379 Å². The number of aliphatic hydroxyl groups is 2. The van der Waals surface area contributed by atoms with Gasteiger partial charge in [0, 0.05) is 12.8 Å². The molecule has 0 heterocycles. The van der Waals surface area contributed by atoms with Crippen LogP contribution in [0.1, 0.15) is 450 Å². The van der Waals surface area contributed by atoms with E-state index >= 15 is 0 Å². The van der Waals surface area contributed by atoms with Crippen LogP contribution in [0.4, 0.5) is 0 Å². The number of hydrogen-bond donors (Lipinski definition) is 3. The number of ether oxygens (including phenoxy) is 1. The highest BCUT2D eigenvalue weighted by molar-refractivity contribution is 5.76. The van der Waals surface area contributed by atoms with Gasteiger partial charge in [-0.05, 0) is 64.2 Å². The molecule has 0 bridgehead atoms. The van der Waals surface area contributed by atoms with Gasteiger partial charge >= 0.3 is 5.97 Å². The molecule has 0 aromatic carbocycles. The summed E-state index contributed by atoms with van der Waals surface area (Å²) in [5.41, 5.74) is 0. The number of nitrogens with one attached hydrogen (secondary N) is 1. The highest BCUT2D eigenvalue weighted by Crippen LogP contribution is 2.20. The van der Waals surface area contributed by atoms with Crippen molar-refractivity contribution in [1.29, 1.82) is 0 Å². The van der Waals surface area contributed by atoms with Crippen molar-refractivity contribution >= 4 is 11.9 Å². The maximum absolute atomic E-state index is 12.6. The van der Waals surface area contributed by atoms with Gasteiger partial charge < -0.3 is 20.3 Å². The fraction of sp³-hybridized carbons (Fsp3) is 0.902. The maximum Gasteiger partial charge on any atom is 0.305 e. The maximum atomic E-state index is 12.6. The fourth-order valence-corrected chi connectivity index (χ4v) is 12.8. The molecule has 0 aliphatic rings. The molecule has 6 heteroatoms. The van der Waals surface area contributed by atoms with Crippen molar-refractivity contribution in [1.82, 2.24) is 5.32 Å². The molecule has 0 saturated heterocycles. The molecule has 0 aromatic heterocycles. The summed E-state index contributed by atoms with van der Waals surface area (Å²) in [5, 5.41) is 23.3. The fourth-order valence-electron chi connectivity index (χ4n) is 12.8. The first-order valence-electron chi connectivity index (χ1n) is 40.3. The molecule has 1 amide bonds. The van der Waals surface area contributed by atoms with Crippen LogP contribution >= 0.6 is 0 Å². The van der Waals surface area contributed by atoms with Crippen LogP contribution < -0.4 is 5.32 Å². The van der Waals surface area contributed by atoms with Crippen molar-refractivity contribution in [2.75, 3.05) is 13.2 Å². The molecule has 3 N–H and O–H groups in total. The van der Waals surface area contributed by atoms with Crippen LogP contribution in [-0.2, 0) is 14.3 Å². The molecule has 0 saturated carbocycles. The lowest BCUT2D eigenvalue weighted by Crippen LogP contribution is -2.45. The molecule has 2 atom stereocenters. The molecule has 0 spiro atoms. The van der Waals surface area contributed by atoms with Crippen molar-refractivity contribution in [3.8, 4) is 0 Å². The molecule has 0 radical (unpaired) electrons. The van der Waals surface area contributed by atoms with Gasteiger partial charge in [0.2, 0.25) is 5.91 Å². The van der Waals surface area contributed by atoms with Crippen LogP contribution in [0.5, 0.6) is 0 Å². The SMILES string of the molecule is CCCCCCCCCCCCCCCCCCCCCCCC/C=C/C(O)C(CO)NC(=O)CCCCCCCCCCCCCCC/C=C\C/C=C\CCCCCCCCCCCOC(=O)CCCCCCCCCCCCCCCCCCCC. The van der Waals surface area contributed by atoms with Crippen molar-refractivity contribution in [3.63, 3.8) is 0 Å². The van der Waals surface area contributed by atoms with E-state index in [2.05, 4.69) is 43.5 Å². The lowest BCUT2D eigenvalue weighted by molar-refractivity contribution is -0.143. The molecule has 88 heavy (non-hydrogen) atoms. The Morgan fingerprint density at radius 2 is 0.568 bits per heavy atom. The monoisotopic (exact) mass is 1240 g/mol. The Morgan fingerprint density at radius 1 is 0.318 bits per heavy atom. The van der Waals surface area contributed by atoms with E-state index in [1.807, 2.05) is 6.08 Å². The highest BCUT2D eigenvalue weighted by atomic mass is 16.5. The van der Waals surface area contributed by atoms with E-state index in [1.54, 1.807) is 6.08 Å². The third kappa shape index (κ3) is 73.1. The lowest BCUT2D eigenvalue weighted by atomic mass is 10.0. The topological polar surface area (TPSA) is 95.9 Å². The molecular weight excluding hydrogens is 1080 g/mol. The minimum atomic E-state index is -0.847. The normalized spacial score (nSPS) is 12.6. The van der Waals surface area contributed by atoms with E-state index in [4.69, 9.17) is 4.74 Å². The van der Waals surface area contributed by atoms with Gasteiger partial charge in [-0.15, -0.1) is 0 Å². The molecule has 0 aromatic rings. The summed E-state index contributed by atoms with van der Waals surface area (Å²) in [7, 11) is 0. The van der Waals surface area contributed by atoms with Crippen molar-refractivity contribution < 1.29 is 24.5 Å². The van der Waals surface area contributed by atoms with Gasteiger partial charge in [-0.3, -0.25) is 9.59 Å². The highest BCUT2D eigenvalue weighted by Gasteiger charge is 2.18. The summed E-state index contributed by atoms with van der Waals surface area (Å²) >= 11 is 0. The number of allylic oxidation sites excluding steroid dienone is 5. The molecule has 6 nitrogen and oxygen atoms in total.